The summed E-state index contributed by atoms with van der Waals surface area (Å²) in [4.78, 5) is 1.05. The Morgan fingerprint density at radius 2 is 2.27 bits per heavy atom. The molecule has 0 saturated heterocycles. The minimum absolute atomic E-state index is 0.154. The Bertz CT molecular complexity index is 484. The van der Waals surface area contributed by atoms with Gasteiger partial charge in [0, 0.05) is 21.6 Å². The smallest absolute Gasteiger partial charge is 0.265 e. The van der Waals surface area contributed by atoms with Gasteiger partial charge in [-0.3, -0.25) is 4.55 Å². The summed E-state index contributed by atoms with van der Waals surface area (Å²) >= 11 is 7.43. The summed E-state index contributed by atoms with van der Waals surface area (Å²) in [5.74, 6) is 0.293. The minimum atomic E-state index is -3.92. The topological polar surface area (TPSA) is 54.4 Å². The summed E-state index contributed by atoms with van der Waals surface area (Å²) in [6, 6.07) is 5.43. The standard InChI is InChI=1S/C9H9ClO3S2/c10-7-1-2-9-8(3-7)6(4-14-9)5-15(11,12)13/h1-3,6H,4-5H2,(H,11,12,13). The van der Waals surface area contributed by atoms with Crippen LogP contribution in [0.25, 0.3) is 0 Å². The first-order chi connectivity index (χ1) is 6.96. The lowest BCUT2D eigenvalue weighted by molar-refractivity contribution is 0.479. The van der Waals surface area contributed by atoms with Gasteiger partial charge in [-0.2, -0.15) is 8.42 Å². The maximum Gasteiger partial charge on any atom is 0.265 e. The number of fused-ring (bicyclic) bond motifs is 1. The van der Waals surface area contributed by atoms with Gasteiger partial charge in [0.2, 0.25) is 0 Å². The molecule has 0 aromatic heterocycles. The first-order valence-corrected chi connectivity index (χ1v) is 7.30. The van der Waals surface area contributed by atoms with E-state index in [9.17, 15) is 8.42 Å². The summed E-state index contributed by atoms with van der Waals surface area (Å²) in [7, 11) is -3.92. The van der Waals surface area contributed by atoms with Crippen molar-refractivity contribution < 1.29 is 13.0 Å². The molecule has 0 saturated carbocycles. The van der Waals surface area contributed by atoms with Crippen molar-refractivity contribution >= 4 is 33.5 Å². The zero-order chi connectivity index (χ0) is 11.1. The number of rotatable bonds is 2. The van der Waals surface area contributed by atoms with E-state index in [1.165, 1.54) is 0 Å². The van der Waals surface area contributed by atoms with E-state index < -0.39 is 10.1 Å². The molecule has 2 rings (SSSR count). The molecule has 1 aromatic carbocycles. The molecule has 1 aliphatic heterocycles. The van der Waals surface area contributed by atoms with Crippen LogP contribution in [0.1, 0.15) is 11.5 Å². The van der Waals surface area contributed by atoms with Gasteiger partial charge in [-0.25, -0.2) is 0 Å². The van der Waals surface area contributed by atoms with Crippen LogP contribution in [0.3, 0.4) is 0 Å². The van der Waals surface area contributed by atoms with Crippen LogP contribution in [-0.4, -0.2) is 24.5 Å². The second-order valence-corrected chi connectivity index (χ2v) is 6.43. The Balaban J connectivity index is 2.32. The van der Waals surface area contributed by atoms with Crippen LogP contribution in [0, 0.1) is 0 Å². The van der Waals surface area contributed by atoms with Crippen LogP contribution in [0.15, 0.2) is 23.1 Å². The van der Waals surface area contributed by atoms with Crippen molar-refractivity contribution in [2.45, 2.75) is 10.8 Å². The molecule has 0 spiro atoms. The van der Waals surface area contributed by atoms with E-state index in [0.29, 0.717) is 10.8 Å². The second-order valence-electron chi connectivity index (χ2n) is 3.44. The summed E-state index contributed by atoms with van der Waals surface area (Å²) in [6.45, 7) is 0. The van der Waals surface area contributed by atoms with Crippen molar-refractivity contribution in [1.82, 2.24) is 0 Å². The first-order valence-electron chi connectivity index (χ1n) is 4.33. The third kappa shape index (κ3) is 2.66. The highest BCUT2D eigenvalue weighted by atomic mass is 35.5. The van der Waals surface area contributed by atoms with E-state index in [4.69, 9.17) is 16.2 Å². The highest BCUT2D eigenvalue weighted by Gasteiger charge is 2.27. The van der Waals surface area contributed by atoms with E-state index in [2.05, 4.69) is 0 Å². The molecule has 0 radical (unpaired) electrons. The largest absolute Gasteiger partial charge is 0.286 e. The van der Waals surface area contributed by atoms with Gasteiger partial charge in [0.05, 0.1) is 5.75 Å². The highest BCUT2D eigenvalue weighted by molar-refractivity contribution is 7.99. The zero-order valence-corrected chi connectivity index (χ0v) is 10.1. The van der Waals surface area contributed by atoms with Crippen molar-refractivity contribution in [3.63, 3.8) is 0 Å². The predicted molar refractivity (Wildman–Crippen MR) is 61.3 cm³/mol. The number of halogens is 1. The molecule has 3 nitrogen and oxygen atoms in total. The van der Waals surface area contributed by atoms with Crippen molar-refractivity contribution in [3.8, 4) is 0 Å². The Kier molecular flexibility index (Phi) is 2.98. The van der Waals surface area contributed by atoms with Crippen molar-refractivity contribution in [1.29, 1.82) is 0 Å². The Labute approximate surface area is 97.6 Å². The third-order valence-corrected chi connectivity index (χ3v) is 4.57. The molecule has 1 N–H and O–H groups in total. The van der Waals surface area contributed by atoms with Gasteiger partial charge in [0.15, 0.2) is 0 Å². The minimum Gasteiger partial charge on any atom is -0.286 e. The maximum atomic E-state index is 10.8. The fourth-order valence-electron chi connectivity index (χ4n) is 1.64. The SMILES string of the molecule is O=S(=O)(O)CC1CSc2ccc(Cl)cc21. The van der Waals surface area contributed by atoms with Crippen LogP contribution in [0.2, 0.25) is 5.02 Å². The molecule has 1 aliphatic rings. The van der Waals surface area contributed by atoms with Gasteiger partial charge in [-0.05, 0) is 23.8 Å². The quantitative estimate of drug-likeness (QED) is 0.834. The normalized spacial score (nSPS) is 20.3. The Morgan fingerprint density at radius 1 is 1.53 bits per heavy atom. The summed E-state index contributed by atoms with van der Waals surface area (Å²) in [6.07, 6.45) is 0. The molecule has 1 heterocycles. The molecular formula is C9H9ClO3S2. The van der Waals surface area contributed by atoms with Crippen LogP contribution in [-0.2, 0) is 10.1 Å². The second kappa shape index (κ2) is 3.97. The molecule has 0 aliphatic carbocycles. The number of hydrogen-bond donors (Lipinski definition) is 1. The highest BCUT2D eigenvalue weighted by Crippen LogP contribution is 2.41. The van der Waals surface area contributed by atoms with Crippen LogP contribution < -0.4 is 0 Å². The lowest BCUT2D eigenvalue weighted by atomic mass is 10.0. The predicted octanol–water partition coefficient (Wildman–Crippen LogP) is 2.42. The number of benzene rings is 1. The lowest BCUT2D eigenvalue weighted by Crippen LogP contribution is -2.13. The third-order valence-electron chi connectivity index (χ3n) is 2.26. The molecule has 0 bridgehead atoms. The summed E-state index contributed by atoms with van der Waals surface area (Å²) in [5.41, 5.74) is 0.921. The summed E-state index contributed by atoms with van der Waals surface area (Å²) in [5, 5.41) is 0.594. The van der Waals surface area contributed by atoms with E-state index >= 15 is 0 Å². The monoisotopic (exact) mass is 264 g/mol. The maximum absolute atomic E-state index is 10.8. The van der Waals surface area contributed by atoms with Gasteiger partial charge in [0.25, 0.3) is 10.1 Å². The molecular weight excluding hydrogens is 256 g/mol. The number of hydrogen-bond acceptors (Lipinski definition) is 3. The summed E-state index contributed by atoms with van der Waals surface area (Å²) < 4.78 is 30.4. The average molecular weight is 265 g/mol. The lowest BCUT2D eigenvalue weighted by Gasteiger charge is -2.08. The van der Waals surface area contributed by atoms with Crippen LogP contribution in [0.5, 0.6) is 0 Å². The van der Waals surface area contributed by atoms with Crippen LogP contribution >= 0.6 is 23.4 Å². The molecule has 1 atom stereocenters. The van der Waals surface area contributed by atoms with Gasteiger partial charge in [-0.15, -0.1) is 11.8 Å². The molecule has 15 heavy (non-hydrogen) atoms. The average Bonchev–Trinajstić information content (AvgIpc) is 2.46. The van der Waals surface area contributed by atoms with Gasteiger partial charge < -0.3 is 0 Å². The van der Waals surface area contributed by atoms with Gasteiger partial charge >= 0.3 is 0 Å². The Hall–Kier alpha value is -0.230. The Morgan fingerprint density at radius 3 is 2.93 bits per heavy atom. The van der Waals surface area contributed by atoms with Crippen LogP contribution in [0.4, 0.5) is 0 Å². The van der Waals surface area contributed by atoms with E-state index in [1.807, 2.05) is 6.07 Å². The molecule has 0 amide bonds. The van der Waals surface area contributed by atoms with E-state index in [0.717, 1.165) is 10.5 Å². The fourth-order valence-corrected chi connectivity index (χ4v) is 4.01. The van der Waals surface area contributed by atoms with Gasteiger partial charge in [-0.1, -0.05) is 11.6 Å². The molecule has 0 fully saturated rings. The molecule has 82 valence electrons. The van der Waals surface area contributed by atoms with Crippen molar-refractivity contribution in [2.24, 2.45) is 0 Å². The van der Waals surface area contributed by atoms with E-state index in [-0.39, 0.29) is 11.7 Å². The number of thioether (sulfide) groups is 1. The van der Waals surface area contributed by atoms with E-state index in [1.54, 1.807) is 23.9 Å². The van der Waals surface area contributed by atoms with Crippen molar-refractivity contribution in [2.75, 3.05) is 11.5 Å². The molecule has 1 unspecified atom stereocenters. The van der Waals surface area contributed by atoms with Crippen molar-refractivity contribution in [3.05, 3.63) is 28.8 Å². The molecule has 6 heteroatoms. The molecule has 1 aromatic rings. The zero-order valence-electron chi connectivity index (χ0n) is 7.68. The van der Waals surface area contributed by atoms with Gasteiger partial charge in [0.1, 0.15) is 0 Å². The first kappa shape index (κ1) is 11.3. The fraction of sp³-hybridized carbons (Fsp3) is 0.333.